The number of aryl methyl sites for hydroxylation is 2. The molecule has 2 aromatic rings. The second kappa shape index (κ2) is 5.23. The highest BCUT2D eigenvalue weighted by molar-refractivity contribution is 7.17. The fourth-order valence-electron chi connectivity index (χ4n) is 1.67. The highest BCUT2D eigenvalue weighted by atomic mass is 32.1. The molecule has 0 saturated carbocycles. The molecule has 0 radical (unpaired) electrons. The summed E-state index contributed by atoms with van der Waals surface area (Å²) in [7, 11) is 0. The van der Waals surface area contributed by atoms with Crippen LogP contribution in [0, 0.1) is 6.92 Å². The van der Waals surface area contributed by atoms with Crippen molar-refractivity contribution in [3.63, 3.8) is 0 Å². The summed E-state index contributed by atoms with van der Waals surface area (Å²) in [4.78, 5) is 28.0. The number of pyridine rings is 1. The van der Waals surface area contributed by atoms with Gasteiger partial charge in [0, 0.05) is 18.8 Å². The normalized spacial score (nSPS) is 10.4. The van der Waals surface area contributed by atoms with Gasteiger partial charge >= 0.3 is 0 Å². The summed E-state index contributed by atoms with van der Waals surface area (Å²) in [6.07, 6.45) is 1.61. The van der Waals surface area contributed by atoms with Gasteiger partial charge in [0.2, 0.25) is 0 Å². The zero-order valence-corrected chi connectivity index (χ0v) is 11.5. The number of hydrogen-bond donors (Lipinski definition) is 2. The van der Waals surface area contributed by atoms with E-state index in [-0.39, 0.29) is 11.5 Å². The molecule has 0 fully saturated rings. The predicted octanol–water partition coefficient (Wildman–Crippen LogP) is 1.47. The molecule has 2 heterocycles. The van der Waals surface area contributed by atoms with Crippen molar-refractivity contribution in [2.75, 3.05) is 11.1 Å². The van der Waals surface area contributed by atoms with E-state index in [4.69, 9.17) is 5.73 Å². The number of nitrogens with two attached hydrogens (primary N) is 1. The molecule has 0 saturated heterocycles. The van der Waals surface area contributed by atoms with Crippen molar-refractivity contribution in [3.05, 3.63) is 39.3 Å². The molecule has 6 nitrogen and oxygen atoms in total. The van der Waals surface area contributed by atoms with Gasteiger partial charge in [-0.2, -0.15) is 0 Å². The fourth-order valence-corrected chi connectivity index (χ4v) is 2.40. The number of aromatic nitrogens is 2. The van der Waals surface area contributed by atoms with E-state index in [1.807, 2.05) is 6.92 Å². The molecule has 0 atom stereocenters. The van der Waals surface area contributed by atoms with Gasteiger partial charge in [-0.25, -0.2) is 4.98 Å². The van der Waals surface area contributed by atoms with Crippen LogP contribution in [0.4, 0.5) is 10.8 Å². The Hall–Kier alpha value is -2.15. The van der Waals surface area contributed by atoms with Gasteiger partial charge in [-0.05, 0) is 19.9 Å². The summed E-state index contributed by atoms with van der Waals surface area (Å²) >= 11 is 1.14. The van der Waals surface area contributed by atoms with Gasteiger partial charge < -0.3 is 15.6 Å². The van der Waals surface area contributed by atoms with Gasteiger partial charge in [0.15, 0.2) is 5.13 Å². The summed E-state index contributed by atoms with van der Waals surface area (Å²) in [6.45, 7) is 4.14. The van der Waals surface area contributed by atoms with Crippen molar-refractivity contribution < 1.29 is 4.79 Å². The van der Waals surface area contributed by atoms with Gasteiger partial charge in [0.25, 0.3) is 11.5 Å². The molecule has 2 aromatic heterocycles. The van der Waals surface area contributed by atoms with E-state index in [2.05, 4.69) is 10.3 Å². The van der Waals surface area contributed by atoms with Gasteiger partial charge in [-0.1, -0.05) is 11.3 Å². The first-order valence-corrected chi connectivity index (χ1v) is 6.57. The third-order valence-electron chi connectivity index (χ3n) is 2.60. The molecule has 1 amide bonds. The van der Waals surface area contributed by atoms with Crippen molar-refractivity contribution in [1.82, 2.24) is 9.55 Å². The van der Waals surface area contributed by atoms with Crippen molar-refractivity contribution in [2.24, 2.45) is 0 Å². The number of carbonyl (C=O) groups excluding carboxylic acids is 1. The molecular weight excluding hydrogens is 264 g/mol. The lowest BCUT2D eigenvalue weighted by atomic mass is 10.3. The number of thiazole rings is 1. The zero-order chi connectivity index (χ0) is 14.0. The molecule has 0 bridgehead atoms. The fraction of sp³-hybridized carbons (Fsp3) is 0.250. The molecule has 0 aliphatic heterocycles. The summed E-state index contributed by atoms with van der Waals surface area (Å²) < 4.78 is 1.52. The lowest BCUT2D eigenvalue weighted by molar-refractivity contribution is 0.102. The summed E-state index contributed by atoms with van der Waals surface area (Å²) in [5.74, 6) is -0.270. The van der Waals surface area contributed by atoms with E-state index < -0.39 is 0 Å². The first-order chi connectivity index (χ1) is 9.01. The lowest BCUT2D eigenvalue weighted by Crippen LogP contribution is -2.19. The minimum atomic E-state index is -0.270. The summed E-state index contributed by atoms with van der Waals surface area (Å²) in [5.41, 5.74) is 6.63. The number of amides is 1. The predicted molar refractivity (Wildman–Crippen MR) is 75.6 cm³/mol. The SMILES string of the molecule is CCn1cc(NC(=O)c2sc(N)nc2C)ccc1=O. The molecule has 0 aliphatic carbocycles. The van der Waals surface area contributed by atoms with Gasteiger partial charge in [-0.15, -0.1) is 0 Å². The third kappa shape index (κ3) is 2.82. The van der Waals surface area contributed by atoms with Crippen LogP contribution in [-0.2, 0) is 6.54 Å². The number of hydrogen-bond acceptors (Lipinski definition) is 5. The molecule has 0 spiro atoms. The van der Waals surface area contributed by atoms with Crippen LogP contribution >= 0.6 is 11.3 Å². The average Bonchev–Trinajstić information content (AvgIpc) is 2.71. The second-order valence-corrected chi connectivity index (χ2v) is 4.99. The molecular formula is C12H14N4O2S. The number of anilines is 2. The van der Waals surface area contributed by atoms with E-state index in [1.165, 1.54) is 10.6 Å². The molecule has 100 valence electrons. The quantitative estimate of drug-likeness (QED) is 0.889. The molecule has 7 heteroatoms. The topological polar surface area (TPSA) is 90.0 Å². The highest BCUT2D eigenvalue weighted by Crippen LogP contribution is 2.20. The minimum absolute atomic E-state index is 0.0984. The lowest BCUT2D eigenvalue weighted by Gasteiger charge is -2.07. The van der Waals surface area contributed by atoms with E-state index in [0.717, 1.165) is 11.3 Å². The first-order valence-electron chi connectivity index (χ1n) is 5.76. The van der Waals surface area contributed by atoms with Crippen LogP contribution in [0.1, 0.15) is 22.3 Å². The molecule has 0 unspecified atom stereocenters. The first kappa shape index (κ1) is 13.3. The van der Waals surface area contributed by atoms with E-state index >= 15 is 0 Å². The van der Waals surface area contributed by atoms with Crippen LogP contribution < -0.4 is 16.6 Å². The van der Waals surface area contributed by atoms with Crippen molar-refractivity contribution in [3.8, 4) is 0 Å². The van der Waals surface area contributed by atoms with Crippen LogP contribution in [0.25, 0.3) is 0 Å². The standard InChI is InChI=1S/C12H14N4O2S/c1-3-16-6-8(4-5-9(16)17)15-11(18)10-7(2)14-12(13)19-10/h4-6H,3H2,1-2H3,(H2,13,14)(H,15,18). The Bertz CT molecular complexity index is 675. The second-order valence-electron chi connectivity index (χ2n) is 3.96. The number of rotatable bonds is 3. The molecule has 3 N–H and O–H groups in total. The Balaban J connectivity index is 2.24. The van der Waals surface area contributed by atoms with Crippen molar-refractivity contribution in [1.29, 1.82) is 0 Å². The van der Waals surface area contributed by atoms with Crippen LogP contribution in [0.5, 0.6) is 0 Å². The minimum Gasteiger partial charge on any atom is -0.375 e. The number of nitrogens with zero attached hydrogens (tertiary/aromatic N) is 2. The van der Waals surface area contributed by atoms with E-state index in [1.54, 1.807) is 19.2 Å². The Morgan fingerprint density at radius 3 is 2.84 bits per heavy atom. The third-order valence-corrected chi connectivity index (χ3v) is 3.59. The largest absolute Gasteiger partial charge is 0.375 e. The Morgan fingerprint density at radius 2 is 2.26 bits per heavy atom. The molecule has 2 rings (SSSR count). The number of nitrogens with one attached hydrogen (secondary N) is 1. The summed E-state index contributed by atoms with van der Waals surface area (Å²) in [5, 5.41) is 3.09. The monoisotopic (exact) mass is 278 g/mol. The molecule has 0 aliphatic rings. The summed E-state index contributed by atoms with van der Waals surface area (Å²) in [6, 6.07) is 3.00. The van der Waals surface area contributed by atoms with Crippen molar-refractivity contribution in [2.45, 2.75) is 20.4 Å². The number of nitrogen functional groups attached to an aromatic ring is 1. The molecule has 0 aromatic carbocycles. The van der Waals surface area contributed by atoms with Crippen LogP contribution in [0.2, 0.25) is 0 Å². The van der Waals surface area contributed by atoms with Gasteiger partial charge in [0.05, 0.1) is 11.4 Å². The van der Waals surface area contributed by atoms with Crippen LogP contribution in [0.15, 0.2) is 23.1 Å². The maximum absolute atomic E-state index is 12.0. The number of carbonyl (C=O) groups is 1. The average molecular weight is 278 g/mol. The van der Waals surface area contributed by atoms with E-state index in [9.17, 15) is 9.59 Å². The van der Waals surface area contributed by atoms with E-state index in [0.29, 0.717) is 27.9 Å². The maximum Gasteiger partial charge on any atom is 0.267 e. The Kier molecular flexibility index (Phi) is 3.66. The maximum atomic E-state index is 12.0. The van der Waals surface area contributed by atoms with Gasteiger partial charge in [0.1, 0.15) is 4.88 Å². The van der Waals surface area contributed by atoms with Crippen LogP contribution in [0.3, 0.4) is 0 Å². The van der Waals surface area contributed by atoms with Gasteiger partial charge in [-0.3, -0.25) is 9.59 Å². The van der Waals surface area contributed by atoms with Crippen LogP contribution in [-0.4, -0.2) is 15.5 Å². The molecule has 19 heavy (non-hydrogen) atoms. The Labute approximate surface area is 113 Å². The van der Waals surface area contributed by atoms with Crippen molar-refractivity contribution >= 4 is 28.1 Å². The zero-order valence-electron chi connectivity index (χ0n) is 10.6. The Morgan fingerprint density at radius 1 is 1.53 bits per heavy atom. The highest BCUT2D eigenvalue weighted by Gasteiger charge is 2.14. The smallest absolute Gasteiger partial charge is 0.267 e.